The zero-order chi connectivity index (χ0) is 19.9. The van der Waals surface area contributed by atoms with Crippen LogP contribution in [-0.2, 0) is 4.74 Å². The largest absolute Gasteiger partial charge is 0.378 e. The summed E-state index contributed by atoms with van der Waals surface area (Å²) < 4.78 is 7.37. The first-order valence-corrected chi connectivity index (χ1v) is 10.2. The van der Waals surface area contributed by atoms with Crippen molar-refractivity contribution in [3.05, 3.63) is 57.0 Å². The van der Waals surface area contributed by atoms with Crippen LogP contribution in [0.5, 0.6) is 0 Å². The van der Waals surface area contributed by atoms with Gasteiger partial charge in [0.1, 0.15) is 0 Å². The van der Waals surface area contributed by atoms with Gasteiger partial charge in [-0.15, -0.1) is 0 Å². The second-order valence-corrected chi connectivity index (χ2v) is 7.51. The Kier molecular flexibility index (Phi) is 7.23. The van der Waals surface area contributed by atoms with Crippen molar-refractivity contribution in [2.75, 3.05) is 13.2 Å². The quantitative estimate of drug-likeness (QED) is 0.716. The molecule has 1 aromatic carbocycles. The molecule has 0 radical (unpaired) electrons. The Labute approximate surface area is 169 Å². The summed E-state index contributed by atoms with van der Waals surface area (Å²) in [5, 5.41) is 7.51. The molecular formula is C21H26ClN3O3. The number of carbonyl (C=O) groups excluding carboxylic acids is 1. The number of nitrogens with zero attached hydrogens (tertiary/aromatic N) is 2. The Morgan fingerprint density at radius 2 is 2.04 bits per heavy atom. The fourth-order valence-electron chi connectivity index (χ4n) is 3.41. The van der Waals surface area contributed by atoms with Crippen LogP contribution in [0.2, 0.25) is 5.02 Å². The summed E-state index contributed by atoms with van der Waals surface area (Å²) in [6.07, 6.45) is 7.07. The van der Waals surface area contributed by atoms with E-state index in [-0.39, 0.29) is 5.69 Å². The summed E-state index contributed by atoms with van der Waals surface area (Å²) in [5.41, 5.74) is 0.683. The number of para-hydroxylation sites is 1. The van der Waals surface area contributed by atoms with Gasteiger partial charge in [0.05, 0.1) is 16.8 Å². The minimum Gasteiger partial charge on any atom is -0.378 e. The molecule has 1 aliphatic carbocycles. The van der Waals surface area contributed by atoms with Gasteiger partial charge >= 0.3 is 0 Å². The van der Waals surface area contributed by atoms with E-state index in [9.17, 15) is 9.59 Å². The highest BCUT2D eigenvalue weighted by Gasteiger charge is 2.16. The standard InChI is InChI=1S/C21H26ClN3O3/c1-15-14-19(26)20(24-25(15)18-11-6-5-10-17(18)22)21(27)23-12-7-13-28-16-8-3-2-4-9-16/h5-6,10-11,14,16H,2-4,7-9,12-13H2,1H3,(H,23,27). The van der Waals surface area contributed by atoms with E-state index in [1.165, 1.54) is 30.0 Å². The smallest absolute Gasteiger partial charge is 0.275 e. The predicted molar refractivity (Wildman–Crippen MR) is 109 cm³/mol. The number of hydrogen-bond acceptors (Lipinski definition) is 4. The predicted octanol–water partition coefficient (Wildman–Crippen LogP) is 3.66. The van der Waals surface area contributed by atoms with E-state index in [1.807, 2.05) is 12.1 Å². The van der Waals surface area contributed by atoms with Gasteiger partial charge in [-0.2, -0.15) is 5.10 Å². The number of carbonyl (C=O) groups is 1. The number of amides is 1. The molecule has 0 aliphatic heterocycles. The van der Waals surface area contributed by atoms with Crippen molar-refractivity contribution in [2.24, 2.45) is 0 Å². The first-order valence-electron chi connectivity index (χ1n) is 9.82. The van der Waals surface area contributed by atoms with Crippen LogP contribution in [-0.4, -0.2) is 34.9 Å². The van der Waals surface area contributed by atoms with Crippen molar-refractivity contribution in [2.45, 2.75) is 51.6 Å². The van der Waals surface area contributed by atoms with Crippen molar-refractivity contribution < 1.29 is 9.53 Å². The van der Waals surface area contributed by atoms with Crippen LogP contribution in [0.15, 0.2) is 35.1 Å². The van der Waals surface area contributed by atoms with Gasteiger partial charge in [0.2, 0.25) is 5.43 Å². The van der Waals surface area contributed by atoms with Crippen LogP contribution in [0.3, 0.4) is 0 Å². The number of benzene rings is 1. The minimum atomic E-state index is -0.483. The molecule has 1 amide bonds. The van der Waals surface area contributed by atoms with Crippen LogP contribution < -0.4 is 10.7 Å². The molecule has 1 N–H and O–H groups in total. The summed E-state index contributed by atoms with van der Waals surface area (Å²) in [7, 11) is 0. The minimum absolute atomic E-state index is 0.140. The molecule has 1 saturated carbocycles. The zero-order valence-electron chi connectivity index (χ0n) is 16.1. The highest BCUT2D eigenvalue weighted by molar-refractivity contribution is 6.32. The van der Waals surface area contributed by atoms with Gasteiger partial charge in [0.25, 0.3) is 5.91 Å². The van der Waals surface area contributed by atoms with Crippen molar-refractivity contribution in [1.29, 1.82) is 0 Å². The fraction of sp³-hybridized carbons (Fsp3) is 0.476. The molecule has 1 heterocycles. The summed E-state index contributed by atoms with van der Waals surface area (Å²) in [4.78, 5) is 24.7. The molecule has 0 unspecified atom stereocenters. The summed E-state index contributed by atoms with van der Waals surface area (Å²) in [6, 6.07) is 8.57. The molecule has 2 aromatic rings. The molecule has 3 rings (SSSR count). The number of rotatable bonds is 7. The lowest BCUT2D eigenvalue weighted by Gasteiger charge is -2.21. The second-order valence-electron chi connectivity index (χ2n) is 7.10. The van der Waals surface area contributed by atoms with Crippen LogP contribution in [0.1, 0.15) is 54.7 Å². The Balaban J connectivity index is 1.59. The van der Waals surface area contributed by atoms with E-state index in [2.05, 4.69) is 10.4 Å². The SMILES string of the molecule is Cc1cc(=O)c(C(=O)NCCCOC2CCCCC2)nn1-c1ccccc1Cl. The van der Waals surface area contributed by atoms with Crippen LogP contribution in [0, 0.1) is 6.92 Å². The number of aromatic nitrogens is 2. The van der Waals surface area contributed by atoms with Gasteiger partial charge < -0.3 is 10.1 Å². The molecule has 150 valence electrons. The fourth-order valence-corrected chi connectivity index (χ4v) is 3.63. The lowest BCUT2D eigenvalue weighted by Crippen LogP contribution is -2.33. The molecule has 0 saturated heterocycles. The Hall–Kier alpha value is -2.18. The molecule has 1 aliphatic rings. The Morgan fingerprint density at radius 3 is 2.79 bits per heavy atom. The molecule has 6 nitrogen and oxygen atoms in total. The highest BCUT2D eigenvalue weighted by atomic mass is 35.5. The van der Waals surface area contributed by atoms with Gasteiger partial charge in [-0.1, -0.05) is 43.0 Å². The van der Waals surface area contributed by atoms with Gasteiger partial charge in [-0.25, -0.2) is 4.68 Å². The average Bonchev–Trinajstić information content (AvgIpc) is 2.69. The molecule has 28 heavy (non-hydrogen) atoms. The second kappa shape index (κ2) is 9.85. The third-order valence-corrected chi connectivity index (χ3v) is 5.24. The Bertz CT molecular complexity index is 875. The Morgan fingerprint density at radius 1 is 1.29 bits per heavy atom. The van der Waals surface area contributed by atoms with E-state index in [4.69, 9.17) is 16.3 Å². The van der Waals surface area contributed by atoms with E-state index in [0.29, 0.717) is 42.1 Å². The first-order chi connectivity index (χ1) is 13.6. The maximum absolute atomic E-state index is 12.4. The van der Waals surface area contributed by atoms with Gasteiger partial charge in [-0.05, 0) is 38.3 Å². The topological polar surface area (TPSA) is 73.2 Å². The van der Waals surface area contributed by atoms with Crippen LogP contribution in [0.25, 0.3) is 5.69 Å². The molecular weight excluding hydrogens is 378 g/mol. The summed E-state index contributed by atoms with van der Waals surface area (Å²) >= 11 is 6.23. The summed E-state index contributed by atoms with van der Waals surface area (Å²) in [6.45, 7) is 2.80. The van der Waals surface area contributed by atoms with E-state index >= 15 is 0 Å². The van der Waals surface area contributed by atoms with E-state index in [1.54, 1.807) is 19.1 Å². The number of ether oxygens (including phenoxy) is 1. The third kappa shape index (κ3) is 5.20. The highest BCUT2D eigenvalue weighted by Crippen LogP contribution is 2.20. The maximum atomic E-state index is 12.4. The number of hydrogen-bond donors (Lipinski definition) is 1. The number of nitrogens with one attached hydrogen (secondary N) is 1. The van der Waals surface area contributed by atoms with Crippen molar-refractivity contribution >= 4 is 17.5 Å². The molecule has 7 heteroatoms. The third-order valence-electron chi connectivity index (χ3n) is 4.92. The van der Waals surface area contributed by atoms with Gasteiger partial charge in [-0.3, -0.25) is 9.59 Å². The van der Waals surface area contributed by atoms with Crippen molar-refractivity contribution in [3.8, 4) is 5.69 Å². The number of aryl methyl sites for hydroxylation is 1. The molecule has 0 bridgehead atoms. The van der Waals surface area contributed by atoms with Crippen LogP contribution >= 0.6 is 11.6 Å². The van der Waals surface area contributed by atoms with Crippen molar-refractivity contribution in [3.63, 3.8) is 0 Å². The maximum Gasteiger partial charge on any atom is 0.275 e. The van der Waals surface area contributed by atoms with Crippen LogP contribution in [0.4, 0.5) is 0 Å². The monoisotopic (exact) mass is 403 g/mol. The molecule has 1 fully saturated rings. The van der Waals surface area contributed by atoms with Gasteiger partial charge in [0, 0.05) is 24.9 Å². The lowest BCUT2D eigenvalue weighted by molar-refractivity contribution is 0.0273. The first kappa shape index (κ1) is 20.6. The average molecular weight is 404 g/mol. The lowest BCUT2D eigenvalue weighted by atomic mass is 9.98. The van der Waals surface area contributed by atoms with E-state index in [0.717, 1.165) is 12.8 Å². The molecule has 1 aromatic heterocycles. The molecule has 0 atom stereocenters. The number of halogens is 1. The zero-order valence-corrected chi connectivity index (χ0v) is 16.9. The normalized spacial score (nSPS) is 14.8. The van der Waals surface area contributed by atoms with Gasteiger partial charge in [0.15, 0.2) is 5.69 Å². The molecule has 0 spiro atoms. The summed E-state index contributed by atoms with van der Waals surface area (Å²) in [5.74, 6) is -0.483. The van der Waals surface area contributed by atoms with Crippen molar-refractivity contribution in [1.82, 2.24) is 15.1 Å². The van der Waals surface area contributed by atoms with E-state index < -0.39 is 11.3 Å².